The Kier molecular flexibility index (Phi) is 4.91. The highest BCUT2D eigenvalue weighted by Crippen LogP contribution is 2.22. The molecular weight excluding hydrogens is 262 g/mol. The van der Waals surface area contributed by atoms with Crippen LogP contribution in [-0.2, 0) is 0 Å². The fraction of sp³-hybridized carbons (Fsp3) is 0.222. The molecule has 0 aliphatic heterocycles. The predicted molar refractivity (Wildman–Crippen MR) is 64.5 cm³/mol. The van der Waals surface area contributed by atoms with E-state index in [-0.39, 0.29) is 29.4 Å². The Bertz CT molecular complexity index is 527. The average Bonchev–Trinajstić information content (AvgIpc) is 2.34. The first-order chi connectivity index (χ1) is 8.56. The first kappa shape index (κ1) is 13.8. The quantitative estimate of drug-likeness (QED) is 0.220. The van der Waals surface area contributed by atoms with E-state index >= 15 is 0 Å². The number of rotatable bonds is 5. The standard InChI is InChI=1S/C9H8ClN5O3/c10-6-1-2-7(8(5-6)15(17)18)9(16)12-3-4-13-14-11/h1-2,5H,3-4H2,(H,12,16). The van der Waals surface area contributed by atoms with Crippen molar-refractivity contribution in [2.75, 3.05) is 13.1 Å². The van der Waals surface area contributed by atoms with Gasteiger partial charge in [0.05, 0.1) is 4.92 Å². The van der Waals surface area contributed by atoms with Crippen molar-refractivity contribution >= 4 is 23.2 Å². The van der Waals surface area contributed by atoms with Crippen LogP contribution in [0.4, 0.5) is 5.69 Å². The van der Waals surface area contributed by atoms with Gasteiger partial charge in [0.25, 0.3) is 11.6 Å². The zero-order valence-electron chi connectivity index (χ0n) is 9.04. The molecule has 8 nitrogen and oxygen atoms in total. The molecule has 0 fully saturated rings. The van der Waals surface area contributed by atoms with Gasteiger partial charge >= 0.3 is 0 Å². The molecule has 0 heterocycles. The highest BCUT2D eigenvalue weighted by atomic mass is 35.5. The predicted octanol–water partition coefficient (Wildman–Crippen LogP) is 2.29. The molecule has 1 amide bonds. The maximum Gasteiger partial charge on any atom is 0.283 e. The second-order valence-electron chi connectivity index (χ2n) is 3.13. The SMILES string of the molecule is [N-]=[N+]=NCCNC(=O)c1ccc(Cl)cc1[N+](=O)[O-]. The van der Waals surface area contributed by atoms with E-state index < -0.39 is 10.8 Å². The minimum absolute atomic E-state index is 0.0730. The lowest BCUT2D eigenvalue weighted by Crippen LogP contribution is -2.26. The van der Waals surface area contributed by atoms with Gasteiger partial charge in [-0.15, -0.1) is 0 Å². The number of nitro groups is 1. The first-order valence-electron chi connectivity index (χ1n) is 4.79. The highest BCUT2D eigenvalue weighted by molar-refractivity contribution is 6.31. The summed E-state index contributed by atoms with van der Waals surface area (Å²) in [5.74, 6) is -0.619. The fourth-order valence-corrected chi connectivity index (χ4v) is 1.37. The van der Waals surface area contributed by atoms with Crippen molar-refractivity contribution in [2.45, 2.75) is 0 Å². The van der Waals surface area contributed by atoms with Crippen molar-refractivity contribution in [1.29, 1.82) is 0 Å². The van der Waals surface area contributed by atoms with Crippen LogP contribution in [0.15, 0.2) is 23.3 Å². The maximum absolute atomic E-state index is 11.7. The number of nitro benzene ring substituents is 1. The molecule has 0 aliphatic carbocycles. The molecule has 1 aromatic carbocycles. The maximum atomic E-state index is 11.7. The van der Waals surface area contributed by atoms with Gasteiger partial charge in [0.15, 0.2) is 0 Å². The van der Waals surface area contributed by atoms with Gasteiger partial charge in [-0.1, -0.05) is 16.7 Å². The molecular formula is C9H8ClN5O3. The summed E-state index contributed by atoms with van der Waals surface area (Å²) in [5.41, 5.74) is 7.57. The number of benzene rings is 1. The summed E-state index contributed by atoms with van der Waals surface area (Å²) in [6.07, 6.45) is 0. The smallest absolute Gasteiger partial charge is 0.283 e. The van der Waals surface area contributed by atoms with E-state index in [9.17, 15) is 14.9 Å². The topological polar surface area (TPSA) is 121 Å². The number of azide groups is 1. The van der Waals surface area contributed by atoms with Crippen LogP contribution < -0.4 is 5.32 Å². The summed E-state index contributed by atoms with van der Waals surface area (Å²) < 4.78 is 0. The van der Waals surface area contributed by atoms with Gasteiger partial charge in [-0.3, -0.25) is 14.9 Å². The molecule has 18 heavy (non-hydrogen) atoms. The zero-order valence-corrected chi connectivity index (χ0v) is 9.79. The molecule has 0 saturated heterocycles. The average molecular weight is 270 g/mol. The lowest BCUT2D eigenvalue weighted by Gasteiger charge is -2.04. The lowest BCUT2D eigenvalue weighted by molar-refractivity contribution is -0.385. The van der Waals surface area contributed by atoms with E-state index in [1.165, 1.54) is 12.1 Å². The van der Waals surface area contributed by atoms with Gasteiger partial charge in [-0.05, 0) is 17.7 Å². The summed E-state index contributed by atoms with van der Waals surface area (Å²) >= 11 is 5.62. The Morgan fingerprint density at radius 1 is 1.61 bits per heavy atom. The molecule has 0 saturated carbocycles. The Hall–Kier alpha value is -2.31. The summed E-state index contributed by atoms with van der Waals surface area (Å²) in [7, 11) is 0. The molecule has 0 aromatic heterocycles. The van der Waals surface area contributed by atoms with Gasteiger partial charge in [0, 0.05) is 29.1 Å². The zero-order chi connectivity index (χ0) is 13.5. The molecule has 94 valence electrons. The molecule has 1 N–H and O–H groups in total. The van der Waals surface area contributed by atoms with Crippen LogP contribution in [0, 0.1) is 10.1 Å². The van der Waals surface area contributed by atoms with Crippen LogP contribution in [0.1, 0.15) is 10.4 Å². The normalized spacial score (nSPS) is 9.39. The van der Waals surface area contributed by atoms with Crippen LogP contribution in [0.2, 0.25) is 5.02 Å². The first-order valence-corrected chi connectivity index (χ1v) is 5.17. The minimum atomic E-state index is -0.686. The Balaban J connectivity index is 2.85. The molecule has 1 rings (SSSR count). The number of nitrogens with zero attached hydrogens (tertiary/aromatic N) is 4. The van der Waals surface area contributed by atoms with E-state index in [4.69, 9.17) is 17.1 Å². The molecule has 0 radical (unpaired) electrons. The monoisotopic (exact) mass is 269 g/mol. The van der Waals surface area contributed by atoms with Crippen molar-refractivity contribution in [3.63, 3.8) is 0 Å². The minimum Gasteiger partial charge on any atom is -0.352 e. The largest absolute Gasteiger partial charge is 0.352 e. The van der Waals surface area contributed by atoms with E-state index in [0.29, 0.717) is 0 Å². The van der Waals surface area contributed by atoms with Crippen LogP contribution >= 0.6 is 11.6 Å². The Morgan fingerprint density at radius 2 is 2.33 bits per heavy atom. The van der Waals surface area contributed by atoms with Crippen LogP contribution in [0.3, 0.4) is 0 Å². The highest BCUT2D eigenvalue weighted by Gasteiger charge is 2.19. The third-order valence-corrected chi connectivity index (χ3v) is 2.20. The van der Waals surface area contributed by atoms with Crippen molar-refractivity contribution < 1.29 is 9.72 Å². The summed E-state index contributed by atoms with van der Waals surface area (Å²) in [6.45, 7) is 0.173. The number of halogens is 1. The van der Waals surface area contributed by atoms with Crippen molar-refractivity contribution in [1.82, 2.24) is 5.32 Å². The molecule has 0 unspecified atom stereocenters. The van der Waals surface area contributed by atoms with E-state index in [2.05, 4.69) is 15.3 Å². The van der Waals surface area contributed by atoms with Gasteiger partial charge in [-0.25, -0.2) is 0 Å². The summed E-state index contributed by atoms with van der Waals surface area (Å²) in [6, 6.07) is 3.75. The fourth-order valence-electron chi connectivity index (χ4n) is 1.21. The number of carbonyl (C=O) groups is 1. The third-order valence-electron chi connectivity index (χ3n) is 1.96. The second-order valence-corrected chi connectivity index (χ2v) is 3.57. The molecule has 0 spiro atoms. The number of amides is 1. The van der Waals surface area contributed by atoms with Gasteiger partial charge in [0.1, 0.15) is 5.56 Å². The summed E-state index contributed by atoms with van der Waals surface area (Å²) in [4.78, 5) is 24.2. The van der Waals surface area contributed by atoms with Crippen LogP contribution in [0.25, 0.3) is 10.4 Å². The van der Waals surface area contributed by atoms with Gasteiger partial charge in [-0.2, -0.15) is 0 Å². The Labute approximate surface area is 106 Å². The van der Waals surface area contributed by atoms with E-state index in [1.54, 1.807) is 0 Å². The van der Waals surface area contributed by atoms with Gasteiger partial charge < -0.3 is 5.32 Å². The Morgan fingerprint density at radius 3 is 2.94 bits per heavy atom. The molecule has 0 atom stereocenters. The molecule has 1 aromatic rings. The van der Waals surface area contributed by atoms with Crippen molar-refractivity contribution in [2.24, 2.45) is 5.11 Å². The number of hydrogen-bond acceptors (Lipinski definition) is 4. The number of carbonyl (C=O) groups excluding carboxylic acids is 1. The van der Waals surface area contributed by atoms with Gasteiger partial charge in [0.2, 0.25) is 0 Å². The van der Waals surface area contributed by atoms with Crippen molar-refractivity contribution in [3.8, 4) is 0 Å². The van der Waals surface area contributed by atoms with Crippen molar-refractivity contribution in [3.05, 3.63) is 49.3 Å². The van der Waals surface area contributed by atoms with Crippen LogP contribution in [0.5, 0.6) is 0 Å². The number of hydrogen-bond donors (Lipinski definition) is 1. The van der Waals surface area contributed by atoms with Crippen LogP contribution in [-0.4, -0.2) is 23.9 Å². The summed E-state index contributed by atoms with van der Waals surface area (Å²) in [5, 5.41) is 16.5. The number of nitrogens with one attached hydrogen (secondary N) is 1. The molecule has 9 heteroatoms. The molecule has 0 bridgehead atoms. The second kappa shape index (κ2) is 6.43. The van der Waals surface area contributed by atoms with E-state index in [1.807, 2.05) is 0 Å². The third kappa shape index (κ3) is 3.62. The lowest BCUT2D eigenvalue weighted by atomic mass is 10.1. The van der Waals surface area contributed by atoms with E-state index in [0.717, 1.165) is 6.07 Å². The molecule has 0 aliphatic rings.